The molecule has 0 amide bonds. The summed E-state index contributed by atoms with van der Waals surface area (Å²) in [4.78, 5) is 8.24. The summed E-state index contributed by atoms with van der Waals surface area (Å²) >= 11 is 3.55. The minimum Gasteiger partial charge on any atom is -0.331 e. The van der Waals surface area contributed by atoms with Gasteiger partial charge < -0.3 is 4.57 Å². The number of hydrogen-bond acceptors (Lipinski definition) is 4. The van der Waals surface area contributed by atoms with E-state index in [0.717, 1.165) is 14.5 Å². The highest BCUT2D eigenvalue weighted by atomic mass is 127. The van der Waals surface area contributed by atoms with Gasteiger partial charge in [0.2, 0.25) is 0 Å². The van der Waals surface area contributed by atoms with Crippen molar-refractivity contribution in [3.05, 3.63) is 15.5 Å². The van der Waals surface area contributed by atoms with Gasteiger partial charge in [-0.15, -0.1) is 0 Å². The quantitative estimate of drug-likeness (QED) is 0.749. The molecule has 0 N–H and O–H groups in total. The summed E-state index contributed by atoms with van der Waals surface area (Å²) in [5.74, 6) is 0.754. The lowest BCUT2D eigenvalue weighted by atomic mass is 10.4. The van der Waals surface area contributed by atoms with Crippen molar-refractivity contribution >= 4 is 34.1 Å². The zero-order chi connectivity index (χ0) is 8.55. The number of hydrogen-bond donors (Lipinski definition) is 0. The van der Waals surface area contributed by atoms with Crippen molar-refractivity contribution in [3.63, 3.8) is 0 Å². The van der Waals surface area contributed by atoms with Crippen molar-refractivity contribution in [2.75, 3.05) is 0 Å². The molecule has 0 bridgehead atoms. The van der Waals surface area contributed by atoms with Gasteiger partial charge in [0.25, 0.3) is 0 Å². The number of halogens is 1. The van der Waals surface area contributed by atoms with Gasteiger partial charge in [0.05, 0.1) is 12.5 Å². The van der Waals surface area contributed by atoms with Gasteiger partial charge in [-0.25, -0.2) is 9.97 Å². The number of rotatable bonds is 1. The van der Waals surface area contributed by atoms with E-state index in [-0.39, 0.29) is 0 Å². The SMILES string of the molecule is Cn1cncc1-c1nsc(I)n1. The summed E-state index contributed by atoms with van der Waals surface area (Å²) in [5.41, 5.74) is 0.953. The molecule has 6 heteroatoms. The maximum absolute atomic E-state index is 4.25. The molecule has 0 aliphatic carbocycles. The van der Waals surface area contributed by atoms with Crippen LogP contribution >= 0.6 is 34.1 Å². The molecule has 0 aliphatic heterocycles. The third-order valence-electron chi connectivity index (χ3n) is 1.45. The van der Waals surface area contributed by atoms with E-state index in [2.05, 4.69) is 36.9 Å². The Morgan fingerprint density at radius 3 is 2.92 bits per heavy atom. The van der Waals surface area contributed by atoms with Crippen LogP contribution in [-0.4, -0.2) is 18.9 Å². The summed E-state index contributed by atoms with van der Waals surface area (Å²) < 4.78 is 7.03. The van der Waals surface area contributed by atoms with Crippen LogP contribution in [0, 0.1) is 3.01 Å². The highest BCUT2D eigenvalue weighted by molar-refractivity contribution is 14.1. The Hall–Kier alpha value is -0.500. The predicted molar refractivity (Wildman–Crippen MR) is 54.8 cm³/mol. The van der Waals surface area contributed by atoms with Gasteiger partial charge in [-0.1, -0.05) is 0 Å². The Morgan fingerprint density at radius 2 is 2.42 bits per heavy atom. The molecule has 0 saturated heterocycles. The number of aryl methyl sites for hydroxylation is 1. The average Bonchev–Trinajstić information content (AvgIpc) is 2.58. The summed E-state index contributed by atoms with van der Waals surface area (Å²) in [5, 5.41) is 0. The summed E-state index contributed by atoms with van der Waals surface area (Å²) in [6, 6.07) is 0. The van der Waals surface area contributed by atoms with E-state index in [4.69, 9.17) is 0 Å². The molecular weight excluding hydrogens is 287 g/mol. The van der Waals surface area contributed by atoms with Crippen molar-refractivity contribution in [1.82, 2.24) is 18.9 Å². The highest BCUT2D eigenvalue weighted by Crippen LogP contribution is 2.17. The molecule has 0 fully saturated rings. The van der Waals surface area contributed by atoms with E-state index < -0.39 is 0 Å². The number of aromatic nitrogens is 4. The first-order valence-corrected chi connectivity index (χ1v) is 5.08. The number of nitrogens with zero attached hydrogens (tertiary/aromatic N) is 4. The lowest BCUT2D eigenvalue weighted by molar-refractivity contribution is 0.913. The van der Waals surface area contributed by atoms with Crippen molar-refractivity contribution in [3.8, 4) is 11.5 Å². The van der Waals surface area contributed by atoms with E-state index in [1.54, 1.807) is 12.5 Å². The van der Waals surface area contributed by atoms with Crippen LogP contribution in [0.3, 0.4) is 0 Å². The molecule has 2 heterocycles. The van der Waals surface area contributed by atoms with Crippen LogP contribution < -0.4 is 0 Å². The van der Waals surface area contributed by atoms with Crippen LogP contribution in [0.15, 0.2) is 12.5 Å². The van der Waals surface area contributed by atoms with Crippen molar-refractivity contribution < 1.29 is 0 Å². The zero-order valence-corrected chi connectivity index (χ0v) is 9.20. The molecule has 62 valence electrons. The van der Waals surface area contributed by atoms with E-state index in [9.17, 15) is 0 Å². The molecule has 2 aromatic heterocycles. The van der Waals surface area contributed by atoms with E-state index in [0.29, 0.717) is 0 Å². The monoisotopic (exact) mass is 292 g/mol. The van der Waals surface area contributed by atoms with E-state index >= 15 is 0 Å². The third-order valence-corrected chi connectivity index (χ3v) is 2.79. The molecule has 0 aromatic carbocycles. The lowest BCUT2D eigenvalue weighted by Crippen LogP contribution is -1.90. The molecule has 0 unspecified atom stereocenters. The van der Waals surface area contributed by atoms with Gasteiger partial charge in [0, 0.05) is 7.05 Å². The maximum Gasteiger partial charge on any atom is 0.192 e. The van der Waals surface area contributed by atoms with Gasteiger partial charge in [-0.3, -0.25) is 0 Å². The first kappa shape index (κ1) is 8.11. The molecule has 2 rings (SSSR count). The Bertz CT molecular complexity index is 394. The largest absolute Gasteiger partial charge is 0.331 e. The van der Waals surface area contributed by atoms with Crippen LogP contribution in [0.25, 0.3) is 11.5 Å². The minimum absolute atomic E-state index is 0.754. The molecule has 2 aromatic rings. The Balaban J connectivity index is 2.50. The molecule has 0 aliphatic rings. The van der Waals surface area contributed by atoms with E-state index in [1.165, 1.54) is 11.5 Å². The van der Waals surface area contributed by atoms with Gasteiger partial charge in [-0.05, 0) is 34.1 Å². The molecule has 0 spiro atoms. The molecule has 4 nitrogen and oxygen atoms in total. The van der Waals surface area contributed by atoms with Crippen LogP contribution in [0.5, 0.6) is 0 Å². The van der Waals surface area contributed by atoms with Crippen LogP contribution in [-0.2, 0) is 7.05 Å². The van der Waals surface area contributed by atoms with E-state index in [1.807, 2.05) is 11.6 Å². The van der Waals surface area contributed by atoms with Crippen LogP contribution in [0.4, 0.5) is 0 Å². The third kappa shape index (κ3) is 1.36. The normalized spacial score (nSPS) is 10.5. The van der Waals surface area contributed by atoms with Gasteiger partial charge >= 0.3 is 0 Å². The van der Waals surface area contributed by atoms with Crippen LogP contribution in [0.1, 0.15) is 0 Å². The molecule has 12 heavy (non-hydrogen) atoms. The van der Waals surface area contributed by atoms with Gasteiger partial charge in [0.15, 0.2) is 8.84 Å². The fourth-order valence-corrected chi connectivity index (χ4v) is 1.83. The number of imidazole rings is 1. The predicted octanol–water partition coefficient (Wildman–Crippen LogP) is 1.54. The van der Waals surface area contributed by atoms with Crippen LogP contribution in [0.2, 0.25) is 0 Å². The summed E-state index contributed by atoms with van der Waals surface area (Å²) in [6.07, 6.45) is 3.50. The average molecular weight is 292 g/mol. The maximum atomic E-state index is 4.25. The van der Waals surface area contributed by atoms with Gasteiger partial charge in [0.1, 0.15) is 5.69 Å². The smallest absolute Gasteiger partial charge is 0.192 e. The summed E-state index contributed by atoms with van der Waals surface area (Å²) in [6.45, 7) is 0. The molecule has 0 atom stereocenters. The fraction of sp³-hybridized carbons (Fsp3) is 0.167. The molecule has 0 saturated carbocycles. The van der Waals surface area contributed by atoms with Gasteiger partial charge in [-0.2, -0.15) is 4.37 Å². The second kappa shape index (κ2) is 3.09. The minimum atomic E-state index is 0.754. The van der Waals surface area contributed by atoms with Crippen molar-refractivity contribution in [2.45, 2.75) is 0 Å². The second-order valence-corrected chi connectivity index (χ2v) is 4.77. The summed E-state index contributed by atoms with van der Waals surface area (Å²) in [7, 11) is 1.93. The zero-order valence-electron chi connectivity index (χ0n) is 6.23. The Kier molecular flexibility index (Phi) is 2.09. The fourth-order valence-electron chi connectivity index (χ4n) is 0.882. The van der Waals surface area contributed by atoms with Crippen molar-refractivity contribution in [1.29, 1.82) is 0 Å². The standard InChI is InChI=1S/C6H5IN4S/c1-11-3-8-2-4(11)5-9-6(7)12-10-5/h2-3H,1H3. The molecule has 0 radical (unpaired) electrons. The first-order valence-electron chi connectivity index (χ1n) is 3.23. The topological polar surface area (TPSA) is 43.6 Å². The second-order valence-electron chi connectivity index (χ2n) is 2.26. The lowest BCUT2D eigenvalue weighted by Gasteiger charge is -1.93. The molecular formula is C6H5IN4S. The Morgan fingerprint density at radius 1 is 1.58 bits per heavy atom. The van der Waals surface area contributed by atoms with Crippen molar-refractivity contribution in [2.24, 2.45) is 7.05 Å². The highest BCUT2D eigenvalue weighted by Gasteiger charge is 2.07. The first-order chi connectivity index (χ1) is 5.77. The Labute approximate surface area is 87.0 Å².